The second kappa shape index (κ2) is 12.8. The van der Waals surface area contributed by atoms with Crippen LogP contribution >= 0.6 is 0 Å². The van der Waals surface area contributed by atoms with Crippen LogP contribution in [0.2, 0.25) is 0 Å². The van der Waals surface area contributed by atoms with Gasteiger partial charge in [-0.15, -0.1) is 0 Å². The number of nitrogens with zero attached hydrogens (tertiary/aromatic N) is 3. The minimum absolute atomic E-state index is 0.0526. The number of carbonyl (C=O) groups is 3. The summed E-state index contributed by atoms with van der Waals surface area (Å²) in [6.45, 7) is 2.81. The summed E-state index contributed by atoms with van der Waals surface area (Å²) in [7, 11) is 1.72. The van der Waals surface area contributed by atoms with Gasteiger partial charge in [0.2, 0.25) is 5.91 Å². The van der Waals surface area contributed by atoms with Crippen molar-refractivity contribution in [2.24, 2.45) is 0 Å². The first-order valence-corrected chi connectivity index (χ1v) is 11.4. The topological polar surface area (TPSA) is 114 Å². The average molecular weight is 476 g/mol. The second-order valence-corrected chi connectivity index (χ2v) is 7.73. The van der Waals surface area contributed by atoms with Gasteiger partial charge in [-0.25, -0.2) is 4.79 Å². The lowest BCUT2D eigenvalue weighted by atomic mass is 10.1. The van der Waals surface area contributed by atoms with Crippen molar-refractivity contribution >= 4 is 23.6 Å². The van der Waals surface area contributed by atoms with Gasteiger partial charge in [-0.05, 0) is 49.2 Å². The predicted octanol–water partition coefficient (Wildman–Crippen LogP) is 3.56. The summed E-state index contributed by atoms with van der Waals surface area (Å²) >= 11 is 0. The Hall–Kier alpha value is -4.27. The first-order valence-electron chi connectivity index (χ1n) is 11.4. The number of pyridine rings is 2. The molecule has 3 rings (SSSR count). The molecule has 9 heteroatoms. The van der Waals surface area contributed by atoms with Crippen LogP contribution in [0.4, 0.5) is 10.5 Å². The molecule has 0 aliphatic heterocycles. The van der Waals surface area contributed by atoms with Crippen molar-refractivity contribution in [1.82, 2.24) is 20.6 Å². The summed E-state index contributed by atoms with van der Waals surface area (Å²) in [6.07, 6.45) is 5.28. The highest BCUT2D eigenvalue weighted by Crippen LogP contribution is 2.22. The third kappa shape index (κ3) is 7.63. The Morgan fingerprint density at radius 3 is 2.46 bits per heavy atom. The maximum absolute atomic E-state index is 12.4. The number of amides is 3. The molecule has 1 aromatic carbocycles. The lowest BCUT2D eigenvalue weighted by Crippen LogP contribution is -2.29. The van der Waals surface area contributed by atoms with Gasteiger partial charge in [-0.3, -0.25) is 19.6 Å². The molecule has 0 bridgehead atoms. The molecule has 3 amide bonds. The van der Waals surface area contributed by atoms with Crippen LogP contribution in [0, 0.1) is 0 Å². The summed E-state index contributed by atoms with van der Waals surface area (Å²) in [5.41, 5.74) is 3.73. The van der Waals surface area contributed by atoms with E-state index in [9.17, 15) is 14.4 Å². The number of hydrogen-bond donors (Lipinski definition) is 2. The van der Waals surface area contributed by atoms with Crippen LogP contribution < -0.4 is 15.5 Å². The second-order valence-electron chi connectivity index (χ2n) is 7.73. The van der Waals surface area contributed by atoms with Crippen molar-refractivity contribution in [3.8, 4) is 11.3 Å². The van der Waals surface area contributed by atoms with Crippen molar-refractivity contribution in [2.45, 2.75) is 26.3 Å². The zero-order valence-corrected chi connectivity index (χ0v) is 19.9. The Morgan fingerprint density at radius 2 is 1.80 bits per heavy atom. The largest absolute Gasteiger partial charge is 0.450 e. The Kier molecular flexibility index (Phi) is 9.30. The van der Waals surface area contributed by atoms with Gasteiger partial charge in [0.15, 0.2) is 0 Å². The molecule has 182 valence electrons. The van der Waals surface area contributed by atoms with Gasteiger partial charge in [0, 0.05) is 56.4 Å². The monoisotopic (exact) mass is 475 g/mol. The number of aromatic nitrogens is 2. The van der Waals surface area contributed by atoms with Crippen LogP contribution in [0.5, 0.6) is 0 Å². The molecule has 0 aliphatic carbocycles. The Labute approximate surface area is 204 Å². The molecule has 35 heavy (non-hydrogen) atoms. The van der Waals surface area contributed by atoms with Crippen LogP contribution in [0.15, 0.2) is 67.1 Å². The smallest absolute Gasteiger partial charge is 0.407 e. The van der Waals surface area contributed by atoms with Crippen LogP contribution in [0.25, 0.3) is 11.3 Å². The first kappa shape index (κ1) is 25.4. The average Bonchev–Trinajstić information content (AvgIpc) is 2.90. The van der Waals surface area contributed by atoms with Crippen molar-refractivity contribution in [3.63, 3.8) is 0 Å². The van der Waals surface area contributed by atoms with Gasteiger partial charge < -0.3 is 20.3 Å². The summed E-state index contributed by atoms with van der Waals surface area (Å²) < 4.78 is 4.79. The summed E-state index contributed by atoms with van der Waals surface area (Å²) in [5.74, 6) is -0.260. The zero-order valence-electron chi connectivity index (χ0n) is 19.9. The number of benzene rings is 1. The number of alkyl carbamates (subject to hydrolysis) is 1. The van der Waals surface area contributed by atoms with Crippen molar-refractivity contribution in [1.29, 1.82) is 0 Å². The van der Waals surface area contributed by atoms with Crippen molar-refractivity contribution in [3.05, 3.63) is 78.2 Å². The fourth-order valence-corrected chi connectivity index (χ4v) is 3.27. The molecular formula is C26H29N5O4. The molecule has 9 nitrogen and oxygen atoms in total. The van der Waals surface area contributed by atoms with Gasteiger partial charge in [0.05, 0.1) is 17.9 Å². The zero-order chi connectivity index (χ0) is 25.0. The first-order chi connectivity index (χ1) is 17.0. The molecular weight excluding hydrogens is 446 g/mol. The molecule has 0 atom stereocenters. The standard InChI is InChI=1S/C26H29N5O4/c1-3-35-26(34)28-15-5-7-24(32)31(2)22-11-8-20(9-12-22)23-13-10-21(18-29-23)25(33)30-17-19-6-4-14-27-16-19/h4,6,8-14,16,18H,3,5,7,15,17H2,1-2H3,(H,28,34)(H,30,33). The number of nitrogens with one attached hydrogen (secondary N) is 2. The maximum Gasteiger partial charge on any atom is 0.407 e. The molecule has 0 radical (unpaired) electrons. The lowest BCUT2D eigenvalue weighted by Gasteiger charge is -2.18. The SMILES string of the molecule is CCOC(=O)NCCCC(=O)N(C)c1ccc(-c2ccc(C(=O)NCc3cccnc3)cn2)cc1. The van der Waals surface area contributed by atoms with E-state index in [0.29, 0.717) is 38.1 Å². The van der Waals surface area contributed by atoms with Crippen LogP contribution in [0.3, 0.4) is 0 Å². The van der Waals surface area contributed by atoms with Crippen LogP contribution in [-0.4, -0.2) is 48.1 Å². The van der Waals surface area contributed by atoms with Gasteiger partial charge in [-0.1, -0.05) is 18.2 Å². The summed E-state index contributed by atoms with van der Waals surface area (Å²) in [4.78, 5) is 46.1. The third-order valence-corrected chi connectivity index (χ3v) is 5.24. The molecule has 3 aromatic rings. The van der Waals surface area contributed by atoms with E-state index in [1.54, 1.807) is 49.6 Å². The number of hydrogen-bond acceptors (Lipinski definition) is 6. The quantitative estimate of drug-likeness (QED) is 0.434. The predicted molar refractivity (Wildman–Crippen MR) is 133 cm³/mol. The summed E-state index contributed by atoms with van der Waals surface area (Å²) in [6, 6.07) is 14.7. The Morgan fingerprint density at radius 1 is 1.00 bits per heavy atom. The van der Waals surface area contributed by atoms with Crippen molar-refractivity contribution in [2.75, 3.05) is 25.1 Å². The van der Waals surface area contributed by atoms with E-state index in [2.05, 4.69) is 20.6 Å². The molecule has 0 aliphatic rings. The van der Waals surface area contributed by atoms with E-state index in [1.165, 1.54) is 0 Å². The van der Waals surface area contributed by atoms with E-state index in [4.69, 9.17) is 4.74 Å². The van der Waals surface area contributed by atoms with E-state index in [0.717, 1.165) is 22.5 Å². The van der Waals surface area contributed by atoms with Gasteiger partial charge in [-0.2, -0.15) is 0 Å². The van der Waals surface area contributed by atoms with E-state index >= 15 is 0 Å². The summed E-state index contributed by atoms with van der Waals surface area (Å²) in [5, 5.41) is 5.45. The fraction of sp³-hybridized carbons (Fsp3) is 0.269. The molecule has 0 saturated heterocycles. The molecule has 0 fully saturated rings. The molecule has 0 unspecified atom stereocenters. The molecule has 2 heterocycles. The minimum atomic E-state index is -0.476. The van der Waals surface area contributed by atoms with Crippen LogP contribution in [0.1, 0.15) is 35.7 Å². The molecule has 2 aromatic heterocycles. The highest BCUT2D eigenvalue weighted by atomic mass is 16.5. The third-order valence-electron chi connectivity index (χ3n) is 5.24. The number of carbonyl (C=O) groups excluding carboxylic acids is 3. The van der Waals surface area contributed by atoms with Gasteiger partial charge in [0.25, 0.3) is 5.91 Å². The van der Waals surface area contributed by atoms with Crippen molar-refractivity contribution < 1.29 is 19.1 Å². The highest BCUT2D eigenvalue weighted by Gasteiger charge is 2.12. The fourth-order valence-electron chi connectivity index (χ4n) is 3.27. The Bertz CT molecular complexity index is 1120. The Balaban J connectivity index is 1.50. The van der Waals surface area contributed by atoms with E-state index in [1.807, 2.05) is 36.4 Å². The number of anilines is 1. The molecule has 0 saturated carbocycles. The maximum atomic E-state index is 12.4. The highest BCUT2D eigenvalue weighted by molar-refractivity contribution is 5.94. The van der Waals surface area contributed by atoms with Gasteiger partial charge in [0.1, 0.15) is 0 Å². The van der Waals surface area contributed by atoms with E-state index in [-0.39, 0.29) is 11.8 Å². The minimum Gasteiger partial charge on any atom is -0.450 e. The van der Waals surface area contributed by atoms with Gasteiger partial charge >= 0.3 is 6.09 Å². The molecule has 2 N–H and O–H groups in total. The number of ether oxygens (including phenoxy) is 1. The van der Waals surface area contributed by atoms with E-state index < -0.39 is 6.09 Å². The number of rotatable bonds is 10. The lowest BCUT2D eigenvalue weighted by molar-refractivity contribution is -0.118. The normalized spacial score (nSPS) is 10.3. The van der Waals surface area contributed by atoms with Crippen LogP contribution in [-0.2, 0) is 16.1 Å². The molecule has 0 spiro atoms.